The first-order valence-corrected chi connectivity index (χ1v) is 10.2. The third-order valence-corrected chi connectivity index (χ3v) is 5.43. The number of hydrogen-bond donors (Lipinski definition) is 1. The number of nitrogens with zero attached hydrogens (tertiary/aromatic N) is 3. The van der Waals surface area contributed by atoms with Crippen LogP contribution in [0.5, 0.6) is 11.5 Å². The number of benzene rings is 2. The third kappa shape index (κ3) is 5.42. The number of carbonyl (C=O) groups is 1. The number of rotatable bonds is 8. The van der Waals surface area contributed by atoms with Gasteiger partial charge in [-0.2, -0.15) is 0 Å². The van der Waals surface area contributed by atoms with Crippen molar-refractivity contribution in [1.29, 1.82) is 0 Å². The molecule has 0 aliphatic rings. The van der Waals surface area contributed by atoms with E-state index in [0.29, 0.717) is 27.4 Å². The first-order valence-electron chi connectivity index (χ1n) is 8.85. The van der Waals surface area contributed by atoms with Gasteiger partial charge in [-0.1, -0.05) is 35.5 Å². The molecule has 1 aromatic heterocycles. The van der Waals surface area contributed by atoms with Crippen LogP contribution in [0.15, 0.2) is 53.7 Å². The zero-order valence-electron chi connectivity index (χ0n) is 16.3. The van der Waals surface area contributed by atoms with Crippen molar-refractivity contribution < 1.29 is 14.3 Å². The quantitative estimate of drug-likeness (QED) is 0.533. The van der Waals surface area contributed by atoms with Crippen molar-refractivity contribution >= 4 is 35.0 Å². The summed E-state index contributed by atoms with van der Waals surface area (Å²) in [6, 6.07) is 14.4. The highest BCUT2D eigenvalue weighted by atomic mass is 35.5. The van der Waals surface area contributed by atoms with Gasteiger partial charge in [-0.15, -0.1) is 10.2 Å². The molecule has 3 rings (SSSR count). The van der Waals surface area contributed by atoms with Gasteiger partial charge in [0.2, 0.25) is 5.91 Å². The molecule has 1 amide bonds. The van der Waals surface area contributed by atoms with Crippen LogP contribution in [0.2, 0.25) is 5.02 Å². The number of ether oxygens (including phenoxy) is 2. The lowest BCUT2D eigenvalue weighted by molar-refractivity contribution is -0.113. The van der Waals surface area contributed by atoms with Crippen LogP contribution in [0.1, 0.15) is 18.9 Å². The van der Waals surface area contributed by atoms with Crippen LogP contribution >= 0.6 is 23.4 Å². The smallest absolute Gasteiger partial charge is 0.234 e. The topological polar surface area (TPSA) is 78.3 Å². The van der Waals surface area contributed by atoms with Crippen molar-refractivity contribution in [3.8, 4) is 11.5 Å². The number of hydrogen-bond acceptors (Lipinski definition) is 6. The fraction of sp³-hybridized carbons (Fsp3) is 0.250. The lowest BCUT2D eigenvalue weighted by Gasteiger charge is -2.14. The lowest BCUT2D eigenvalue weighted by Crippen LogP contribution is -2.15. The Morgan fingerprint density at radius 2 is 1.86 bits per heavy atom. The molecule has 0 saturated heterocycles. The minimum absolute atomic E-state index is 0.171. The molecule has 0 aliphatic heterocycles. The Bertz CT molecular complexity index is 978. The van der Waals surface area contributed by atoms with Crippen molar-refractivity contribution in [2.75, 3.05) is 18.2 Å². The first kappa shape index (κ1) is 21.0. The monoisotopic (exact) mass is 432 g/mol. The van der Waals surface area contributed by atoms with Crippen molar-refractivity contribution in [1.82, 2.24) is 14.8 Å². The number of thioether (sulfide) groups is 1. The Morgan fingerprint density at radius 1 is 1.17 bits per heavy atom. The van der Waals surface area contributed by atoms with E-state index < -0.39 is 0 Å². The molecule has 152 valence electrons. The van der Waals surface area contributed by atoms with Crippen LogP contribution in [-0.4, -0.2) is 33.5 Å². The second kappa shape index (κ2) is 9.67. The van der Waals surface area contributed by atoms with E-state index in [2.05, 4.69) is 15.5 Å². The van der Waals surface area contributed by atoms with E-state index in [1.807, 2.05) is 54.9 Å². The molecule has 0 bridgehead atoms. The zero-order valence-corrected chi connectivity index (χ0v) is 17.8. The van der Waals surface area contributed by atoms with Gasteiger partial charge in [0, 0.05) is 7.05 Å². The normalized spacial score (nSPS) is 11.7. The highest BCUT2D eigenvalue weighted by Gasteiger charge is 2.18. The minimum atomic E-state index is -0.313. The molecule has 3 aromatic rings. The van der Waals surface area contributed by atoms with E-state index in [-0.39, 0.29) is 17.8 Å². The van der Waals surface area contributed by atoms with Crippen LogP contribution < -0.4 is 14.8 Å². The standard InChI is InChI=1S/C20H21ClN4O3S/c1-13(28-15-10-8-14(27-3)9-11-15)19-23-24-20(25(19)2)29-12-18(26)22-17-7-5-4-6-16(17)21/h4-11,13H,12H2,1-3H3,(H,22,26). The number of carbonyl (C=O) groups excluding carboxylic acids is 1. The van der Waals surface area contributed by atoms with E-state index in [1.165, 1.54) is 11.8 Å². The molecule has 1 atom stereocenters. The Labute approximate surface area is 178 Å². The van der Waals surface area contributed by atoms with E-state index in [4.69, 9.17) is 21.1 Å². The van der Waals surface area contributed by atoms with Crippen molar-refractivity contribution in [3.05, 3.63) is 59.4 Å². The summed E-state index contributed by atoms with van der Waals surface area (Å²) in [7, 11) is 3.46. The van der Waals surface area contributed by atoms with Crippen LogP contribution in [0.4, 0.5) is 5.69 Å². The number of halogens is 1. The fourth-order valence-electron chi connectivity index (χ4n) is 2.60. The van der Waals surface area contributed by atoms with E-state index >= 15 is 0 Å². The Hall–Kier alpha value is -2.71. The number of para-hydroxylation sites is 1. The lowest BCUT2D eigenvalue weighted by atomic mass is 10.3. The van der Waals surface area contributed by atoms with Crippen LogP contribution in [0.25, 0.3) is 0 Å². The molecule has 0 spiro atoms. The predicted molar refractivity (Wildman–Crippen MR) is 114 cm³/mol. The fourth-order valence-corrected chi connectivity index (χ4v) is 3.50. The highest BCUT2D eigenvalue weighted by molar-refractivity contribution is 7.99. The van der Waals surface area contributed by atoms with Gasteiger partial charge in [-0.05, 0) is 43.3 Å². The van der Waals surface area contributed by atoms with E-state index in [0.717, 1.165) is 5.75 Å². The molecule has 0 saturated carbocycles. The number of nitrogens with one attached hydrogen (secondary N) is 1. The van der Waals surface area contributed by atoms with Gasteiger partial charge in [-0.25, -0.2) is 0 Å². The number of amides is 1. The number of methoxy groups -OCH3 is 1. The van der Waals surface area contributed by atoms with E-state index in [9.17, 15) is 4.79 Å². The molecule has 9 heteroatoms. The summed E-state index contributed by atoms with van der Waals surface area (Å²) in [6.45, 7) is 1.90. The first-order chi connectivity index (χ1) is 14.0. The molecule has 0 aliphatic carbocycles. The molecule has 1 unspecified atom stereocenters. The highest BCUT2D eigenvalue weighted by Crippen LogP contribution is 2.26. The maximum atomic E-state index is 12.2. The van der Waals surface area contributed by atoms with Gasteiger partial charge in [-0.3, -0.25) is 4.79 Å². The maximum Gasteiger partial charge on any atom is 0.234 e. The summed E-state index contributed by atoms with van der Waals surface area (Å²) in [6.07, 6.45) is -0.313. The molecule has 7 nitrogen and oxygen atoms in total. The van der Waals surface area contributed by atoms with Gasteiger partial charge in [0.15, 0.2) is 17.1 Å². The van der Waals surface area contributed by atoms with Crippen LogP contribution in [0, 0.1) is 0 Å². The summed E-state index contributed by atoms with van der Waals surface area (Å²) in [5.74, 6) is 2.14. The third-order valence-electron chi connectivity index (χ3n) is 4.08. The van der Waals surface area contributed by atoms with Gasteiger partial charge in [0.25, 0.3) is 0 Å². The largest absolute Gasteiger partial charge is 0.497 e. The second-order valence-corrected chi connectivity index (χ2v) is 7.50. The summed E-state index contributed by atoms with van der Waals surface area (Å²) in [5, 5.41) is 12.3. The average Bonchev–Trinajstić information content (AvgIpc) is 3.09. The van der Waals surface area contributed by atoms with Crippen molar-refractivity contribution in [3.63, 3.8) is 0 Å². The molecule has 1 heterocycles. The van der Waals surface area contributed by atoms with Gasteiger partial charge in [0.05, 0.1) is 23.6 Å². The van der Waals surface area contributed by atoms with E-state index in [1.54, 1.807) is 19.2 Å². The summed E-state index contributed by atoms with van der Waals surface area (Å²) < 4.78 is 12.9. The molecule has 29 heavy (non-hydrogen) atoms. The molecule has 1 N–H and O–H groups in total. The predicted octanol–water partition coefficient (Wildman–Crippen LogP) is 4.35. The Morgan fingerprint density at radius 3 is 2.55 bits per heavy atom. The average molecular weight is 433 g/mol. The SMILES string of the molecule is COc1ccc(OC(C)c2nnc(SCC(=O)Nc3ccccc3Cl)n2C)cc1. The molecule has 2 aromatic carbocycles. The van der Waals surface area contributed by atoms with Gasteiger partial charge < -0.3 is 19.4 Å². The zero-order chi connectivity index (χ0) is 20.8. The maximum absolute atomic E-state index is 12.2. The molecular weight excluding hydrogens is 412 g/mol. The summed E-state index contributed by atoms with van der Waals surface area (Å²) in [4.78, 5) is 12.2. The van der Waals surface area contributed by atoms with Crippen LogP contribution in [-0.2, 0) is 11.8 Å². The van der Waals surface area contributed by atoms with Crippen molar-refractivity contribution in [2.45, 2.75) is 18.2 Å². The number of aromatic nitrogens is 3. The molecule has 0 radical (unpaired) electrons. The summed E-state index contributed by atoms with van der Waals surface area (Å²) >= 11 is 7.36. The van der Waals surface area contributed by atoms with Crippen LogP contribution in [0.3, 0.4) is 0 Å². The number of anilines is 1. The summed E-state index contributed by atoms with van der Waals surface area (Å²) in [5.41, 5.74) is 0.583. The Kier molecular flexibility index (Phi) is 7.00. The molecular formula is C20H21ClN4O3S. The minimum Gasteiger partial charge on any atom is -0.497 e. The van der Waals surface area contributed by atoms with Gasteiger partial charge >= 0.3 is 0 Å². The van der Waals surface area contributed by atoms with Gasteiger partial charge in [0.1, 0.15) is 11.5 Å². The second-order valence-electron chi connectivity index (χ2n) is 6.15. The molecule has 0 fully saturated rings. The van der Waals surface area contributed by atoms with Crippen molar-refractivity contribution in [2.24, 2.45) is 7.05 Å². The Balaban J connectivity index is 1.58.